The Balaban J connectivity index is 1.59. The number of aromatic nitrogens is 1. The average Bonchev–Trinajstić information content (AvgIpc) is 2.87. The molecule has 0 aliphatic heterocycles. The van der Waals surface area contributed by atoms with Gasteiger partial charge in [0.2, 0.25) is 0 Å². The maximum Gasteiger partial charge on any atom is 0.142 e. The van der Waals surface area contributed by atoms with E-state index < -0.39 is 0 Å². The second-order valence-corrected chi connectivity index (χ2v) is 5.87. The molecule has 0 saturated heterocycles. The van der Waals surface area contributed by atoms with Crippen LogP contribution in [0.5, 0.6) is 5.75 Å². The summed E-state index contributed by atoms with van der Waals surface area (Å²) in [6.07, 6.45) is 3.06. The van der Waals surface area contributed by atoms with Crippen molar-refractivity contribution in [3.63, 3.8) is 0 Å². The molecule has 1 heterocycles. The van der Waals surface area contributed by atoms with Gasteiger partial charge in [-0.05, 0) is 42.8 Å². The largest absolute Gasteiger partial charge is 0.491 e. The monoisotopic (exact) mass is 344 g/mol. The topological polar surface area (TPSA) is 40.2 Å². The lowest BCUT2D eigenvalue weighted by molar-refractivity contribution is 0.304. The zero-order valence-electron chi connectivity index (χ0n) is 11.6. The van der Waals surface area contributed by atoms with Crippen LogP contribution in [0.1, 0.15) is 6.42 Å². The maximum absolute atomic E-state index is 5.85. The van der Waals surface area contributed by atoms with Gasteiger partial charge in [0.15, 0.2) is 0 Å². The molecule has 0 aliphatic carbocycles. The van der Waals surface area contributed by atoms with E-state index in [-0.39, 0.29) is 0 Å². The van der Waals surface area contributed by atoms with E-state index in [9.17, 15) is 0 Å². The molecular weight excluding hydrogens is 328 g/mol. The van der Waals surface area contributed by atoms with Crippen molar-refractivity contribution >= 4 is 32.5 Å². The summed E-state index contributed by atoms with van der Waals surface area (Å²) in [5, 5.41) is 1.25. The zero-order chi connectivity index (χ0) is 14.7. The van der Waals surface area contributed by atoms with Gasteiger partial charge in [0.1, 0.15) is 5.75 Å². The number of anilines is 1. The highest BCUT2D eigenvalue weighted by Gasteiger charge is 2.02. The number of halogens is 1. The first-order valence-corrected chi connectivity index (χ1v) is 7.75. The summed E-state index contributed by atoms with van der Waals surface area (Å²) < 4.78 is 9.08. The Hall–Kier alpha value is -1.94. The Morgan fingerprint density at radius 3 is 2.81 bits per heavy atom. The minimum Gasteiger partial charge on any atom is -0.491 e. The number of fused-ring (bicyclic) bond motifs is 1. The second kappa shape index (κ2) is 6.22. The molecule has 2 aromatic carbocycles. The summed E-state index contributed by atoms with van der Waals surface area (Å²) in [7, 11) is 0. The van der Waals surface area contributed by atoms with Gasteiger partial charge in [-0.25, -0.2) is 0 Å². The summed E-state index contributed by atoms with van der Waals surface area (Å²) in [5.74, 6) is 0.763. The Labute approximate surface area is 132 Å². The van der Waals surface area contributed by atoms with Crippen molar-refractivity contribution in [1.29, 1.82) is 0 Å². The molecule has 0 bridgehead atoms. The quantitative estimate of drug-likeness (QED) is 0.548. The zero-order valence-corrected chi connectivity index (χ0v) is 13.2. The van der Waals surface area contributed by atoms with Crippen LogP contribution >= 0.6 is 15.9 Å². The molecule has 0 atom stereocenters. The summed E-state index contributed by atoms with van der Waals surface area (Å²) in [5.41, 5.74) is 7.79. The molecule has 0 saturated carbocycles. The molecule has 0 unspecified atom stereocenters. The van der Waals surface area contributed by atoms with Crippen LogP contribution in [0, 0.1) is 0 Å². The van der Waals surface area contributed by atoms with E-state index in [1.165, 1.54) is 10.9 Å². The van der Waals surface area contributed by atoms with Crippen LogP contribution < -0.4 is 10.5 Å². The summed E-state index contributed by atoms with van der Waals surface area (Å²) >= 11 is 3.50. The fraction of sp³-hybridized carbons (Fsp3) is 0.176. The standard InChI is InChI=1S/C17H17BrN2O/c18-14-6-7-16-13(12-14)8-10-20(16)9-3-11-21-17-5-2-1-4-15(17)19/h1-2,4-8,10,12H,3,9,11,19H2. The van der Waals surface area contributed by atoms with Gasteiger partial charge in [-0.1, -0.05) is 28.1 Å². The van der Waals surface area contributed by atoms with Gasteiger partial charge >= 0.3 is 0 Å². The molecule has 3 rings (SSSR count). The minimum absolute atomic E-state index is 0.657. The molecule has 21 heavy (non-hydrogen) atoms. The van der Waals surface area contributed by atoms with Crippen molar-refractivity contribution in [2.24, 2.45) is 0 Å². The normalized spacial score (nSPS) is 10.9. The van der Waals surface area contributed by atoms with Crippen LogP contribution in [0.4, 0.5) is 5.69 Å². The highest BCUT2D eigenvalue weighted by Crippen LogP contribution is 2.22. The number of para-hydroxylation sites is 2. The molecule has 3 nitrogen and oxygen atoms in total. The third-order valence-corrected chi connectivity index (χ3v) is 3.95. The summed E-state index contributed by atoms with van der Waals surface area (Å²) in [4.78, 5) is 0. The van der Waals surface area contributed by atoms with E-state index in [4.69, 9.17) is 10.5 Å². The summed E-state index contributed by atoms with van der Waals surface area (Å²) in [6.45, 7) is 1.59. The second-order valence-electron chi connectivity index (χ2n) is 4.95. The van der Waals surface area contributed by atoms with Crippen LogP contribution in [0.3, 0.4) is 0 Å². The highest BCUT2D eigenvalue weighted by atomic mass is 79.9. The minimum atomic E-state index is 0.657. The molecule has 0 spiro atoms. The number of nitrogen functional groups attached to an aromatic ring is 1. The lowest BCUT2D eigenvalue weighted by Gasteiger charge is -2.09. The number of nitrogens with two attached hydrogens (primary N) is 1. The van der Waals surface area contributed by atoms with Crippen LogP contribution in [0.25, 0.3) is 10.9 Å². The summed E-state index contributed by atoms with van der Waals surface area (Å²) in [6, 6.07) is 16.1. The first-order valence-electron chi connectivity index (χ1n) is 6.96. The van der Waals surface area contributed by atoms with Gasteiger partial charge in [0.25, 0.3) is 0 Å². The van der Waals surface area contributed by atoms with Crippen molar-refractivity contribution in [2.45, 2.75) is 13.0 Å². The van der Waals surface area contributed by atoms with Crippen LogP contribution in [-0.2, 0) is 6.54 Å². The van der Waals surface area contributed by atoms with Crippen LogP contribution in [-0.4, -0.2) is 11.2 Å². The van der Waals surface area contributed by atoms with Gasteiger partial charge in [-0.3, -0.25) is 0 Å². The first-order chi connectivity index (χ1) is 10.2. The first kappa shape index (κ1) is 14.0. The SMILES string of the molecule is Nc1ccccc1OCCCn1ccc2cc(Br)ccc21. The van der Waals surface area contributed by atoms with Crippen molar-refractivity contribution in [1.82, 2.24) is 4.57 Å². The van der Waals surface area contributed by atoms with Gasteiger partial charge < -0.3 is 15.0 Å². The van der Waals surface area contributed by atoms with E-state index >= 15 is 0 Å². The third kappa shape index (κ3) is 3.22. The van der Waals surface area contributed by atoms with E-state index in [0.29, 0.717) is 12.3 Å². The molecule has 0 amide bonds. The van der Waals surface area contributed by atoms with Gasteiger partial charge in [0.05, 0.1) is 12.3 Å². The van der Waals surface area contributed by atoms with Crippen LogP contribution in [0.15, 0.2) is 59.2 Å². The van der Waals surface area contributed by atoms with E-state index in [0.717, 1.165) is 23.2 Å². The number of ether oxygens (including phenoxy) is 1. The fourth-order valence-corrected chi connectivity index (χ4v) is 2.77. The van der Waals surface area contributed by atoms with Gasteiger partial charge in [0, 0.05) is 28.1 Å². The molecule has 2 N–H and O–H groups in total. The fourth-order valence-electron chi connectivity index (χ4n) is 2.39. The molecule has 3 aromatic rings. The smallest absolute Gasteiger partial charge is 0.142 e. The van der Waals surface area contributed by atoms with E-state index in [2.05, 4.69) is 51.0 Å². The average molecular weight is 345 g/mol. The van der Waals surface area contributed by atoms with Crippen molar-refractivity contribution < 1.29 is 4.74 Å². The predicted molar refractivity (Wildman–Crippen MR) is 90.6 cm³/mol. The van der Waals surface area contributed by atoms with Crippen molar-refractivity contribution in [2.75, 3.05) is 12.3 Å². The number of hydrogen-bond acceptors (Lipinski definition) is 2. The number of nitrogens with zero attached hydrogens (tertiary/aromatic N) is 1. The molecule has 0 fully saturated rings. The Morgan fingerprint density at radius 2 is 1.95 bits per heavy atom. The van der Waals surface area contributed by atoms with Gasteiger partial charge in [-0.2, -0.15) is 0 Å². The lowest BCUT2D eigenvalue weighted by atomic mass is 10.2. The van der Waals surface area contributed by atoms with E-state index in [1.807, 2.05) is 24.3 Å². The highest BCUT2D eigenvalue weighted by molar-refractivity contribution is 9.10. The molecule has 4 heteroatoms. The molecule has 0 radical (unpaired) electrons. The number of aryl methyl sites for hydroxylation is 1. The number of hydrogen-bond donors (Lipinski definition) is 1. The predicted octanol–water partition coefficient (Wildman–Crippen LogP) is 4.46. The molecule has 108 valence electrons. The number of rotatable bonds is 5. The Morgan fingerprint density at radius 1 is 1.10 bits per heavy atom. The van der Waals surface area contributed by atoms with Gasteiger partial charge in [-0.15, -0.1) is 0 Å². The Kier molecular flexibility index (Phi) is 4.15. The van der Waals surface area contributed by atoms with E-state index in [1.54, 1.807) is 0 Å². The number of benzene rings is 2. The Bertz CT molecular complexity index is 751. The van der Waals surface area contributed by atoms with Crippen molar-refractivity contribution in [3.8, 4) is 5.75 Å². The molecular formula is C17H17BrN2O. The lowest BCUT2D eigenvalue weighted by Crippen LogP contribution is -2.04. The third-order valence-electron chi connectivity index (χ3n) is 3.45. The van der Waals surface area contributed by atoms with Crippen molar-refractivity contribution in [3.05, 3.63) is 59.2 Å². The molecule has 0 aliphatic rings. The molecule has 1 aromatic heterocycles. The maximum atomic E-state index is 5.85. The van der Waals surface area contributed by atoms with Crippen LogP contribution in [0.2, 0.25) is 0 Å².